The molecular weight excluding hydrogens is 376 g/mol. The van der Waals surface area contributed by atoms with Gasteiger partial charge in [-0.3, -0.25) is 9.59 Å². The number of aromatic nitrogens is 2. The highest BCUT2D eigenvalue weighted by Gasteiger charge is 2.19. The fourth-order valence-corrected chi connectivity index (χ4v) is 3.14. The molecule has 0 aliphatic heterocycles. The molecule has 0 saturated heterocycles. The van der Waals surface area contributed by atoms with E-state index in [1.54, 1.807) is 35.1 Å². The number of rotatable bonds is 5. The van der Waals surface area contributed by atoms with Crippen LogP contribution in [0.2, 0.25) is 0 Å². The summed E-state index contributed by atoms with van der Waals surface area (Å²) in [6.45, 7) is 1.44. The molecular formula is C24H20N4O2. The van der Waals surface area contributed by atoms with Gasteiger partial charge in [-0.2, -0.15) is 5.10 Å². The summed E-state index contributed by atoms with van der Waals surface area (Å²) in [6.07, 6.45) is 1.73. The zero-order valence-corrected chi connectivity index (χ0v) is 16.4. The van der Waals surface area contributed by atoms with Gasteiger partial charge in [-0.1, -0.05) is 54.6 Å². The predicted molar refractivity (Wildman–Crippen MR) is 118 cm³/mol. The Hall–Kier alpha value is -4.19. The molecule has 1 heterocycles. The van der Waals surface area contributed by atoms with Crippen LogP contribution in [0.4, 0.5) is 11.4 Å². The lowest BCUT2D eigenvalue weighted by Crippen LogP contribution is -2.13. The molecule has 6 heteroatoms. The molecule has 6 nitrogen and oxygen atoms in total. The molecule has 2 N–H and O–H groups in total. The fourth-order valence-electron chi connectivity index (χ4n) is 3.14. The Morgan fingerprint density at radius 2 is 1.43 bits per heavy atom. The van der Waals surface area contributed by atoms with Gasteiger partial charge >= 0.3 is 0 Å². The van der Waals surface area contributed by atoms with E-state index in [0.29, 0.717) is 22.6 Å². The minimum Gasteiger partial charge on any atom is -0.326 e. The van der Waals surface area contributed by atoms with E-state index in [0.717, 1.165) is 11.3 Å². The molecule has 0 radical (unpaired) electrons. The van der Waals surface area contributed by atoms with E-state index < -0.39 is 0 Å². The highest BCUT2D eigenvalue weighted by atomic mass is 16.2. The van der Waals surface area contributed by atoms with Crippen LogP contribution in [0.15, 0.2) is 91.1 Å². The van der Waals surface area contributed by atoms with Crippen molar-refractivity contribution >= 4 is 23.2 Å². The van der Waals surface area contributed by atoms with E-state index in [1.807, 2.05) is 60.7 Å². The molecule has 0 atom stereocenters. The van der Waals surface area contributed by atoms with E-state index in [9.17, 15) is 9.59 Å². The van der Waals surface area contributed by atoms with Crippen molar-refractivity contribution in [3.63, 3.8) is 0 Å². The lowest BCUT2D eigenvalue weighted by Gasteiger charge is -2.08. The van der Waals surface area contributed by atoms with Gasteiger partial charge in [0.2, 0.25) is 5.91 Å². The van der Waals surface area contributed by atoms with Crippen molar-refractivity contribution in [2.45, 2.75) is 6.92 Å². The zero-order chi connectivity index (χ0) is 20.9. The molecule has 148 valence electrons. The lowest BCUT2D eigenvalue weighted by molar-refractivity contribution is -0.114. The van der Waals surface area contributed by atoms with Crippen molar-refractivity contribution in [3.8, 4) is 16.9 Å². The van der Waals surface area contributed by atoms with Gasteiger partial charge in [0.25, 0.3) is 5.91 Å². The average molecular weight is 396 g/mol. The number of benzene rings is 3. The number of amides is 2. The second-order valence-corrected chi connectivity index (χ2v) is 6.75. The average Bonchev–Trinajstić information content (AvgIpc) is 3.21. The first-order valence-electron chi connectivity index (χ1n) is 9.50. The van der Waals surface area contributed by atoms with Crippen LogP contribution in [0.3, 0.4) is 0 Å². The Morgan fingerprint density at radius 3 is 2.10 bits per heavy atom. The standard InChI is InChI=1S/C24H20N4O2/c1-17(29)25-19-11-8-12-20(15-19)26-24(30)22-16-28(21-13-6-3-7-14-21)27-23(22)18-9-4-2-5-10-18/h2-16H,1H3,(H,25,29)(H,26,30). The van der Waals surface area contributed by atoms with E-state index in [2.05, 4.69) is 15.7 Å². The fraction of sp³-hybridized carbons (Fsp3) is 0.0417. The van der Waals surface area contributed by atoms with Crippen LogP contribution in [0, 0.1) is 0 Å². The third kappa shape index (κ3) is 4.28. The first-order chi connectivity index (χ1) is 14.6. The summed E-state index contributed by atoms with van der Waals surface area (Å²) in [4.78, 5) is 24.4. The normalized spacial score (nSPS) is 10.4. The molecule has 3 aromatic carbocycles. The SMILES string of the molecule is CC(=O)Nc1cccc(NC(=O)c2cn(-c3ccccc3)nc2-c2ccccc2)c1. The Balaban J connectivity index is 1.69. The summed E-state index contributed by atoms with van der Waals surface area (Å²) in [5.74, 6) is -0.454. The number of carbonyl (C=O) groups excluding carboxylic acids is 2. The quantitative estimate of drug-likeness (QED) is 0.511. The maximum atomic E-state index is 13.1. The largest absolute Gasteiger partial charge is 0.326 e. The minimum absolute atomic E-state index is 0.172. The van der Waals surface area contributed by atoms with E-state index >= 15 is 0 Å². The summed E-state index contributed by atoms with van der Waals surface area (Å²) in [5, 5.41) is 10.3. The molecule has 4 rings (SSSR count). The summed E-state index contributed by atoms with van der Waals surface area (Å²) in [5.41, 5.74) is 3.96. The highest BCUT2D eigenvalue weighted by molar-refractivity contribution is 6.08. The second-order valence-electron chi connectivity index (χ2n) is 6.75. The van der Waals surface area contributed by atoms with Crippen molar-refractivity contribution in [1.29, 1.82) is 0 Å². The van der Waals surface area contributed by atoms with Gasteiger partial charge in [-0.05, 0) is 30.3 Å². The molecule has 0 aliphatic carbocycles. The van der Waals surface area contributed by atoms with Crippen LogP contribution in [-0.4, -0.2) is 21.6 Å². The Labute approximate surface area is 174 Å². The minimum atomic E-state index is -0.281. The summed E-state index contributed by atoms with van der Waals surface area (Å²) >= 11 is 0. The number of hydrogen-bond donors (Lipinski definition) is 2. The van der Waals surface area contributed by atoms with Crippen LogP contribution in [0.5, 0.6) is 0 Å². The van der Waals surface area contributed by atoms with Gasteiger partial charge in [-0.25, -0.2) is 4.68 Å². The van der Waals surface area contributed by atoms with Gasteiger partial charge in [0.05, 0.1) is 11.3 Å². The molecule has 0 aliphatic rings. The van der Waals surface area contributed by atoms with Crippen molar-refractivity contribution in [2.75, 3.05) is 10.6 Å². The number of anilines is 2. The van der Waals surface area contributed by atoms with Crippen LogP contribution in [0.1, 0.15) is 17.3 Å². The molecule has 1 aromatic heterocycles. The van der Waals surface area contributed by atoms with Crippen LogP contribution < -0.4 is 10.6 Å². The van der Waals surface area contributed by atoms with Crippen molar-refractivity contribution in [3.05, 3.63) is 96.7 Å². The van der Waals surface area contributed by atoms with Crippen molar-refractivity contribution in [1.82, 2.24) is 9.78 Å². The summed E-state index contributed by atoms with van der Waals surface area (Å²) in [6, 6.07) is 26.2. The molecule has 0 spiro atoms. The van der Waals surface area contributed by atoms with Gasteiger partial charge in [0, 0.05) is 30.1 Å². The number of carbonyl (C=O) groups is 2. The molecule has 0 bridgehead atoms. The van der Waals surface area contributed by atoms with Gasteiger partial charge in [0.1, 0.15) is 5.69 Å². The Morgan fingerprint density at radius 1 is 0.800 bits per heavy atom. The van der Waals surface area contributed by atoms with Gasteiger partial charge < -0.3 is 10.6 Å². The van der Waals surface area contributed by atoms with E-state index in [-0.39, 0.29) is 11.8 Å². The molecule has 0 unspecified atom stereocenters. The van der Waals surface area contributed by atoms with Crippen LogP contribution in [0.25, 0.3) is 16.9 Å². The second kappa shape index (κ2) is 8.45. The number of para-hydroxylation sites is 1. The third-order valence-corrected chi connectivity index (χ3v) is 4.47. The van der Waals surface area contributed by atoms with Crippen molar-refractivity contribution in [2.24, 2.45) is 0 Å². The number of hydrogen-bond acceptors (Lipinski definition) is 3. The van der Waals surface area contributed by atoms with Crippen molar-refractivity contribution < 1.29 is 9.59 Å². The monoisotopic (exact) mass is 396 g/mol. The molecule has 30 heavy (non-hydrogen) atoms. The maximum absolute atomic E-state index is 13.1. The van der Waals surface area contributed by atoms with Crippen LogP contribution >= 0.6 is 0 Å². The first kappa shape index (κ1) is 19.1. The van der Waals surface area contributed by atoms with E-state index in [4.69, 9.17) is 0 Å². The molecule has 4 aromatic rings. The lowest BCUT2D eigenvalue weighted by atomic mass is 10.1. The van der Waals surface area contributed by atoms with Gasteiger partial charge in [-0.15, -0.1) is 0 Å². The first-order valence-corrected chi connectivity index (χ1v) is 9.50. The smallest absolute Gasteiger partial charge is 0.259 e. The highest BCUT2D eigenvalue weighted by Crippen LogP contribution is 2.25. The third-order valence-electron chi connectivity index (χ3n) is 4.47. The predicted octanol–water partition coefficient (Wildman–Crippen LogP) is 4.75. The number of nitrogens with zero attached hydrogens (tertiary/aromatic N) is 2. The number of nitrogens with one attached hydrogen (secondary N) is 2. The maximum Gasteiger partial charge on any atom is 0.259 e. The Kier molecular flexibility index (Phi) is 5.39. The molecule has 2 amide bonds. The summed E-state index contributed by atoms with van der Waals surface area (Å²) < 4.78 is 1.70. The Bertz CT molecular complexity index is 1180. The zero-order valence-electron chi connectivity index (χ0n) is 16.4. The van der Waals surface area contributed by atoms with E-state index in [1.165, 1.54) is 6.92 Å². The molecule has 0 saturated carbocycles. The summed E-state index contributed by atoms with van der Waals surface area (Å²) in [7, 11) is 0. The van der Waals surface area contributed by atoms with Gasteiger partial charge in [0.15, 0.2) is 0 Å². The van der Waals surface area contributed by atoms with Crippen LogP contribution in [-0.2, 0) is 4.79 Å². The topological polar surface area (TPSA) is 76.0 Å². The molecule has 0 fully saturated rings.